The second kappa shape index (κ2) is 6.35. The summed E-state index contributed by atoms with van der Waals surface area (Å²) in [5.74, 6) is 0.946. The molecule has 2 atom stereocenters. The molecule has 2 rings (SSSR count). The maximum absolute atomic E-state index is 9.42. The third-order valence-corrected chi connectivity index (χ3v) is 3.63. The van der Waals surface area contributed by atoms with Gasteiger partial charge in [-0.15, -0.1) is 0 Å². The maximum atomic E-state index is 9.42. The summed E-state index contributed by atoms with van der Waals surface area (Å²) >= 11 is 0. The lowest BCUT2D eigenvalue weighted by molar-refractivity contribution is -0.0457. The summed E-state index contributed by atoms with van der Waals surface area (Å²) < 4.78 is 5.83. The Balaban J connectivity index is 2.07. The number of aliphatic hydroxyl groups is 1. The molecule has 2 heteroatoms. The highest BCUT2D eigenvalue weighted by Gasteiger charge is 2.26. The molecule has 0 bridgehead atoms. The number of hydrogen-bond acceptors (Lipinski definition) is 2. The molecule has 0 aromatic heterocycles. The Kier molecular flexibility index (Phi) is 4.79. The smallest absolute Gasteiger partial charge is 0.0874 e. The lowest BCUT2D eigenvalue weighted by atomic mass is 9.89. The molecule has 0 aliphatic carbocycles. The summed E-state index contributed by atoms with van der Waals surface area (Å²) in [6.45, 7) is 5.51. The molecule has 2 nitrogen and oxygen atoms in total. The fourth-order valence-corrected chi connectivity index (χ4v) is 2.71. The van der Waals surface area contributed by atoms with E-state index in [4.69, 9.17) is 4.74 Å². The zero-order valence-corrected chi connectivity index (χ0v) is 11.4. The van der Waals surface area contributed by atoms with E-state index in [0.717, 1.165) is 25.9 Å². The average Bonchev–Trinajstić information content (AvgIpc) is 2.39. The van der Waals surface area contributed by atoms with Crippen LogP contribution in [-0.2, 0) is 11.2 Å². The highest BCUT2D eigenvalue weighted by atomic mass is 16.5. The van der Waals surface area contributed by atoms with Crippen molar-refractivity contribution in [3.8, 4) is 0 Å². The van der Waals surface area contributed by atoms with Gasteiger partial charge in [0.1, 0.15) is 0 Å². The van der Waals surface area contributed by atoms with Gasteiger partial charge in [-0.05, 0) is 36.3 Å². The summed E-state index contributed by atoms with van der Waals surface area (Å²) in [5.41, 5.74) is 2.59. The van der Waals surface area contributed by atoms with Crippen LogP contribution in [-0.4, -0.2) is 18.3 Å². The van der Waals surface area contributed by atoms with Crippen LogP contribution in [0.4, 0.5) is 0 Å². The van der Waals surface area contributed by atoms with E-state index in [9.17, 15) is 5.11 Å². The summed E-state index contributed by atoms with van der Waals surface area (Å²) in [5, 5.41) is 9.42. The minimum atomic E-state index is 0.0804. The molecule has 1 saturated heterocycles. The van der Waals surface area contributed by atoms with Crippen LogP contribution < -0.4 is 0 Å². The van der Waals surface area contributed by atoms with Crippen LogP contribution in [0.5, 0.6) is 0 Å². The fraction of sp³-hybridized carbons (Fsp3) is 0.625. The van der Waals surface area contributed by atoms with Gasteiger partial charge in [0.25, 0.3) is 0 Å². The van der Waals surface area contributed by atoms with Gasteiger partial charge in [-0.1, -0.05) is 38.1 Å². The Morgan fingerprint density at radius 3 is 2.61 bits per heavy atom. The molecule has 0 amide bonds. The number of ether oxygens (including phenoxy) is 1. The summed E-state index contributed by atoms with van der Waals surface area (Å²) in [7, 11) is 0. The van der Waals surface area contributed by atoms with Crippen molar-refractivity contribution in [2.45, 2.75) is 39.2 Å². The molecule has 1 fully saturated rings. The van der Waals surface area contributed by atoms with E-state index in [1.54, 1.807) is 0 Å². The molecule has 0 saturated carbocycles. The van der Waals surface area contributed by atoms with Gasteiger partial charge < -0.3 is 9.84 Å². The van der Waals surface area contributed by atoms with E-state index < -0.39 is 0 Å². The lowest BCUT2D eigenvalue weighted by Gasteiger charge is -2.30. The molecule has 1 aliphatic heterocycles. The van der Waals surface area contributed by atoms with E-state index in [2.05, 4.69) is 38.1 Å². The molecule has 1 aromatic carbocycles. The first-order chi connectivity index (χ1) is 8.70. The van der Waals surface area contributed by atoms with Crippen molar-refractivity contribution >= 4 is 0 Å². The van der Waals surface area contributed by atoms with E-state index in [1.165, 1.54) is 11.1 Å². The average molecular weight is 248 g/mol. The Hall–Kier alpha value is -0.860. The number of hydrogen-bond donors (Lipinski definition) is 1. The highest BCUT2D eigenvalue weighted by molar-refractivity contribution is 5.25. The van der Waals surface area contributed by atoms with Crippen molar-refractivity contribution < 1.29 is 9.84 Å². The predicted molar refractivity (Wildman–Crippen MR) is 73.5 cm³/mol. The first kappa shape index (κ1) is 13.6. The monoisotopic (exact) mass is 248 g/mol. The van der Waals surface area contributed by atoms with Gasteiger partial charge in [0, 0.05) is 19.1 Å². The summed E-state index contributed by atoms with van der Waals surface area (Å²) in [6, 6.07) is 8.72. The standard InChI is InChI=1S/C16H24O2/c1-12(2)10-13-5-7-14(8-6-13)16-15(11-17)4-3-9-18-16/h5-8,12,15-17H,3-4,9-11H2,1-2H3. The van der Waals surface area contributed by atoms with Crippen LogP contribution >= 0.6 is 0 Å². The normalized spacial score (nSPS) is 24.4. The molecule has 0 radical (unpaired) electrons. The lowest BCUT2D eigenvalue weighted by Crippen LogP contribution is -2.25. The van der Waals surface area contributed by atoms with Crippen molar-refractivity contribution in [1.29, 1.82) is 0 Å². The van der Waals surface area contributed by atoms with Crippen molar-refractivity contribution in [3.05, 3.63) is 35.4 Å². The maximum Gasteiger partial charge on any atom is 0.0874 e. The van der Waals surface area contributed by atoms with Crippen molar-refractivity contribution in [2.75, 3.05) is 13.2 Å². The SMILES string of the molecule is CC(C)Cc1ccc(C2OCCCC2CO)cc1. The summed E-state index contributed by atoms with van der Waals surface area (Å²) in [6.07, 6.45) is 3.33. The Morgan fingerprint density at radius 2 is 2.00 bits per heavy atom. The van der Waals surface area contributed by atoms with Gasteiger partial charge in [0.15, 0.2) is 0 Å². The number of rotatable bonds is 4. The van der Waals surface area contributed by atoms with E-state index in [1.807, 2.05) is 0 Å². The van der Waals surface area contributed by atoms with E-state index in [-0.39, 0.29) is 18.6 Å². The third-order valence-electron chi connectivity index (χ3n) is 3.63. The van der Waals surface area contributed by atoms with Gasteiger partial charge in [0.2, 0.25) is 0 Å². The molecule has 1 aromatic rings. The van der Waals surface area contributed by atoms with Gasteiger partial charge in [-0.3, -0.25) is 0 Å². The Bertz CT molecular complexity index is 356. The minimum absolute atomic E-state index is 0.0804. The molecule has 1 heterocycles. The van der Waals surface area contributed by atoms with Crippen LogP contribution in [0.25, 0.3) is 0 Å². The number of benzene rings is 1. The van der Waals surface area contributed by atoms with Crippen molar-refractivity contribution in [2.24, 2.45) is 11.8 Å². The van der Waals surface area contributed by atoms with Crippen LogP contribution in [0.2, 0.25) is 0 Å². The van der Waals surface area contributed by atoms with Gasteiger partial charge >= 0.3 is 0 Å². The van der Waals surface area contributed by atoms with Crippen LogP contribution in [0.15, 0.2) is 24.3 Å². The summed E-state index contributed by atoms with van der Waals surface area (Å²) in [4.78, 5) is 0. The van der Waals surface area contributed by atoms with E-state index in [0.29, 0.717) is 5.92 Å². The van der Waals surface area contributed by atoms with E-state index >= 15 is 0 Å². The molecule has 18 heavy (non-hydrogen) atoms. The predicted octanol–water partition coefficient (Wildman–Crippen LogP) is 3.35. The van der Waals surface area contributed by atoms with Crippen LogP contribution in [0, 0.1) is 11.8 Å². The zero-order valence-electron chi connectivity index (χ0n) is 11.4. The first-order valence-electron chi connectivity index (χ1n) is 7.02. The Morgan fingerprint density at radius 1 is 1.28 bits per heavy atom. The molecular weight excluding hydrogens is 224 g/mol. The highest BCUT2D eigenvalue weighted by Crippen LogP contribution is 2.33. The molecule has 0 spiro atoms. The second-order valence-corrected chi connectivity index (χ2v) is 5.72. The van der Waals surface area contributed by atoms with Gasteiger partial charge in [-0.25, -0.2) is 0 Å². The Labute approximate surface area is 110 Å². The third kappa shape index (κ3) is 3.33. The first-order valence-corrected chi connectivity index (χ1v) is 7.02. The number of aliphatic hydroxyl groups excluding tert-OH is 1. The van der Waals surface area contributed by atoms with Crippen molar-refractivity contribution in [3.63, 3.8) is 0 Å². The topological polar surface area (TPSA) is 29.5 Å². The van der Waals surface area contributed by atoms with Crippen LogP contribution in [0.1, 0.15) is 43.9 Å². The fourth-order valence-electron chi connectivity index (χ4n) is 2.71. The van der Waals surface area contributed by atoms with Crippen molar-refractivity contribution in [1.82, 2.24) is 0 Å². The van der Waals surface area contributed by atoms with Gasteiger partial charge in [0.05, 0.1) is 6.10 Å². The largest absolute Gasteiger partial charge is 0.396 e. The zero-order chi connectivity index (χ0) is 13.0. The van der Waals surface area contributed by atoms with Gasteiger partial charge in [-0.2, -0.15) is 0 Å². The minimum Gasteiger partial charge on any atom is -0.396 e. The van der Waals surface area contributed by atoms with Crippen LogP contribution in [0.3, 0.4) is 0 Å². The molecular formula is C16H24O2. The molecule has 2 unspecified atom stereocenters. The quantitative estimate of drug-likeness (QED) is 0.885. The molecule has 1 aliphatic rings. The molecule has 100 valence electrons. The molecule has 1 N–H and O–H groups in total. The second-order valence-electron chi connectivity index (χ2n) is 5.72.